The van der Waals surface area contributed by atoms with E-state index in [0.29, 0.717) is 32.5 Å². The van der Waals surface area contributed by atoms with Crippen LogP contribution in [-0.4, -0.2) is 23.0 Å². The zero-order valence-electron chi connectivity index (χ0n) is 11.0. The van der Waals surface area contributed by atoms with E-state index in [1.165, 1.54) is 7.11 Å². The molecular formula is C15H10Cl2N2O2. The van der Waals surface area contributed by atoms with Gasteiger partial charge < -0.3 is 9.72 Å². The molecule has 0 atom stereocenters. The number of rotatable bonds is 2. The van der Waals surface area contributed by atoms with Crippen LogP contribution in [0.25, 0.3) is 22.4 Å². The Hall–Kier alpha value is -2.04. The molecule has 3 rings (SSSR count). The number of fused-ring (bicyclic) bond motifs is 1. The second-order valence-electron chi connectivity index (χ2n) is 4.41. The van der Waals surface area contributed by atoms with E-state index < -0.39 is 0 Å². The van der Waals surface area contributed by atoms with Crippen LogP contribution in [0, 0.1) is 0 Å². The van der Waals surface area contributed by atoms with Crippen molar-refractivity contribution in [2.75, 3.05) is 7.11 Å². The van der Waals surface area contributed by atoms with Crippen LogP contribution in [-0.2, 0) is 4.74 Å². The van der Waals surface area contributed by atoms with Crippen LogP contribution in [0.3, 0.4) is 0 Å². The van der Waals surface area contributed by atoms with Crippen LogP contribution in [0.2, 0.25) is 10.0 Å². The predicted molar refractivity (Wildman–Crippen MR) is 82.9 cm³/mol. The molecule has 0 saturated carbocycles. The molecule has 0 amide bonds. The van der Waals surface area contributed by atoms with Gasteiger partial charge in [-0.15, -0.1) is 0 Å². The number of nitrogens with one attached hydrogen (secondary N) is 1. The Bertz CT molecular complexity index is 787. The minimum atomic E-state index is -0.378. The van der Waals surface area contributed by atoms with E-state index in [-0.39, 0.29) is 5.97 Å². The standard InChI is InChI=1S/C15H10Cl2N2O2/c1-21-15(20)9-4-2-8(3-5-9)14-18-12-10(16)6-7-11(17)13(12)19-14/h2-7H,1H3,(H,18,19). The summed E-state index contributed by atoms with van der Waals surface area (Å²) in [6.45, 7) is 0. The molecule has 106 valence electrons. The fourth-order valence-electron chi connectivity index (χ4n) is 2.05. The molecule has 0 aliphatic heterocycles. The Balaban J connectivity index is 2.06. The number of esters is 1. The molecule has 1 heterocycles. The van der Waals surface area contributed by atoms with E-state index in [1.807, 2.05) is 0 Å². The number of carbonyl (C=O) groups excluding carboxylic acids is 1. The van der Waals surface area contributed by atoms with E-state index in [9.17, 15) is 4.79 Å². The Kier molecular flexibility index (Phi) is 3.57. The van der Waals surface area contributed by atoms with Gasteiger partial charge in [-0.2, -0.15) is 0 Å². The number of benzene rings is 2. The van der Waals surface area contributed by atoms with Gasteiger partial charge in [-0.05, 0) is 24.3 Å². The fourth-order valence-corrected chi connectivity index (χ4v) is 2.45. The lowest BCUT2D eigenvalue weighted by Gasteiger charge is -2.00. The van der Waals surface area contributed by atoms with Crippen molar-refractivity contribution < 1.29 is 9.53 Å². The first-order chi connectivity index (χ1) is 10.1. The molecule has 0 aliphatic rings. The van der Waals surface area contributed by atoms with Crippen molar-refractivity contribution in [1.29, 1.82) is 0 Å². The van der Waals surface area contributed by atoms with E-state index in [2.05, 4.69) is 14.7 Å². The lowest BCUT2D eigenvalue weighted by molar-refractivity contribution is 0.0601. The van der Waals surface area contributed by atoms with Crippen molar-refractivity contribution in [3.05, 3.63) is 52.0 Å². The highest BCUT2D eigenvalue weighted by Crippen LogP contribution is 2.30. The molecule has 0 aliphatic carbocycles. The van der Waals surface area contributed by atoms with Crippen LogP contribution in [0.1, 0.15) is 10.4 Å². The Labute approximate surface area is 130 Å². The molecule has 3 aromatic rings. The van der Waals surface area contributed by atoms with Gasteiger partial charge in [-0.1, -0.05) is 35.3 Å². The van der Waals surface area contributed by atoms with Crippen molar-refractivity contribution in [1.82, 2.24) is 9.97 Å². The summed E-state index contributed by atoms with van der Waals surface area (Å²) in [7, 11) is 1.35. The largest absolute Gasteiger partial charge is 0.465 e. The van der Waals surface area contributed by atoms with Crippen LogP contribution in [0.15, 0.2) is 36.4 Å². The zero-order valence-corrected chi connectivity index (χ0v) is 12.5. The number of hydrogen-bond donors (Lipinski definition) is 1. The van der Waals surface area contributed by atoms with Crippen molar-refractivity contribution in [3.8, 4) is 11.4 Å². The lowest BCUT2D eigenvalue weighted by atomic mass is 10.1. The molecule has 2 aromatic carbocycles. The number of ether oxygens (including phenoxy) is 1. The topological polar surface area (TPSA) is 55.0 Å². The summed E-state index contributed by atoms with van der Waals surface area (Å²) in [5.41, 5.74) is 2.62. The molecular weight excluding hydrogens is 311 g/mol. The molecule has 0 radical (unpaired) electrons. The lowest BCUT2D eigenvalue weighted by Crippen LogP contribution is -2.00. The third kappa shape index (κ3) is 2.48. The molecule has 1 N–H and O–H groups in total. The molecule has 6 heteroatoms. The van der Waals surface area contributed by atoms with Gasteiger partial charge in [0.05, 0.1) is 28.2 Å². The van der Waals surface area contributed by atoms with Crippen molar-refractivity contribution in [2.24, 2.45) is 0 Å². The first kappa shape index (κ1) is 13.9. The van der Waals surface area contributed by atoms with Crippen LogP contribution in [0.4, 0.5) is 0 Å². The quantitative estimate of drug-likeness (QED) is 0.715. The summed E-state index contributed by atoms with van der Waals surface area (Å²) in [5, 5.41) is 1.09. The minimum Gasteiger partial charge on any atom is -0.465 e. The van der Waals surface area contributed by atoms with Crippen molar-refractivity contribution in [3.63, 3.8) is 0 Å². The predicted octanol–water partition coefficient (Wildman–Crippen LogP) is 4.32. The van der Waals surface area contributed by atoms with Crippen LogP contribution < -0.4 is 0 Å². The van der Waals surface area contributed by atoms with E-state index >= 15 is 0 Å². The fraction of sp³-hybridized carbons (Fsp3) is 0.0667. The van der Waals surface area contributed by atoms with Crippen molar-refractivity contribution in [2.45, 2.75) is 0 Å². The summed E-state index contributed by atoms with van der Waals surface area (Å²) in [6.07, 6.45) is 0. The van der Waals surface area contributed by atoms with E-state index in [1.54, 1.807) is 36.4 Å². The van der Waals surface area contributed by atoms with Gasteiger partial charge in [0.1, 0.15) is 11.3 Å². The maximum atomic E-state index is 11.4. The number of carbonyl (C=O) groups is 1. The highest BCUT2D eigenvalue weighted by molar-refractivity contribution is 6.39. The third-order valence-electron chi connectivity index (χ3n) is 3.12. The van der Waals surface area contributed by atoms with Gasteiger partial charge in [0.15, 0.2) is 0 Å². The Morgan fingerprint density at radius 2 is 1.76 bits per heavy atom. The summed E-state index contributed by atoms with van der Waals surface area (Å²) in [4.78, 5) is 19.0. The van der Waals surface area contributed by atoms with Gasteiger partial charge in [-0.25, -0.2) is 9.78 Å². The SMILES string of the molecule is COC(=O)c1ccc(-c2nc3c(Cl)ccc(Cl)c3[nH]2)cc1. The molecule has 1 aromatic heterocycles. The smallest absolute Gasteiger partial charge is 0.337 e. The average molecular weight is 321 g/mol. The maximum absolute atomic E-state index is 11.4. The van der Waals surface area contributed by atoms with Gasteiger partial charge in [-0.3, -0.25) is 0 Å². The molecule has 21 heavy (non-hydrogen) atoms. The van der Waals surface area contributed by atoms with Gasteiger partial charge in [0, 0.05) is 5.56 Å². The molecule has 0 bridgehead atoms. The van der Waals surface area contributed by atoms with Gasteiger partial charge >= 0.3 is 5.97 Å². The number of aromatic nitrogens is 2. The third-order valence-corrected chi connectivity index (χ3v) is 3.74. The molecule has 4 nitrogen and oxygen atoms in total. The maximum Gasteiger partial charge on any atom is 0.337 e. The minimum absolute atomic E-state index is 0.378. The first-order valence-corrected chi connectivity index (χ1v) is 6.88. The zero-order chi connectivity index (χ0) is 15.0. The highest BCUT2D eigenvalue weighted by atomic mass is 35.5. The average Bonchev–Trinajstić information content (AvgIpc) is 2.97. The summed E-state index contributed by atoms with van der Waals surface area (Å²) < 4.78 is 4.66. The summed E-state index contributed by atoms with van der Waals surface area (Å²) >= 11 is 12.2. The number of imidazole rings is 1. The number of aromatic amines is 1. The normalized spacial score (nSPS) is 10.8. The molecule has 0 fully saturated rings. The van der Waals surface area contributed by atoms with Crippen LogP contribution in [0.5, 0.6) is 0 Å². The Morgan fingerprint density at radius 3 is 2.38 bits per heavy atom. The molecule has 0 spiro atoms. The summed E-state index contributed by atoms with van der Waals surface area (Å²) in [6, 6.07) is 10.3. The number of methoxy groups -OCH3 is 1. The van der Waals surface area contributed by atoms with E-state index in [0.717, 1.165) is 5.56 Å². The van der Waals surface area contributed by atoms with E-state index in [4.69, 9.17) is 23.2 Å². The van der Waals surface area contributed by atoms with Gasteiger partial charge in [0.2, 0.25) is 0 Å². The number of halogens is 2. The number of H-pyrrole nitrogens is 1. The first-order valence-electron chi connectivity index (χ1n) is 6.12. The van der Waals surface area contributed by atoms with Crippen LogP contribution >= 0.6 is 23.2 Å². The molecule has 0 unspecified atom stereocenters. The Morgan fingerprint density at radius 1 is 1.10 bits per heavy atom. The van der Waals surface area contributed by atoms with Crippen molar-refractivity contribution >= 4 is 40.2 Å². The molecule has 0 saturated heterocycles. The highest BCUT2D eigenvalue weighted by Gasteiger charge is 2.12. The monoisotopic (exact) mass is 320 g/mol. The second-order valence-corrected chi connectivity index (χ2v) is 5.22. The number of hydrogen-bond acceptors (Lipinski definition) is 3. The summed E-state index contributed by atoms with van der Waals surface area (Å²) in [5.74, 6) is 0.258. The number of nitrogens with zero attached hydrogens (tertiary/aromatic N) is 1. The second kappa shape index (κ2) is 5.39. The van der Waals surface area contributed by atoms with Gasteiger partial charge in [0.25, 0.3) is 0 Å².